The number of nitrogens with two attached hydrogens (primary N) is 2. The summed E-state index contributed by atoms with van der Waals surface area (Å²) in [5.41, 5.74) is 18.6. The van der Waals surface area contributed by atoms with E-state index in [0.29, 0.717) is 30.7 Å². The third-order valence-corrected chi connectivity index (χ3v) is 7.21. The number of ether oxygens (including phenoxy) is 2. The highest BCUT2D eigenvalue weighted by atomic mass is 16.5. The lowest BCUT2D eigenvalue weighted by Crippen LogP contribution is -2.56. The van der Waals surface area contributed by atoms with E-state index in [9.17, 15) is 0 Å². The van der Waals surface area contributed by atoms with Gasteiger partial charge in [-0.1, -0.05) is 54.6 Å². The van der Waals surface area contributed by atoms with E-state index in [1.54, 1.807) is 13.3 Å². The van der Waals surface area contributed by atoms with Crippen LogP contribution >= 0.6 is 0 Å². The third-order valence-electron chi connectivity index (χ3n) is 7.21. The number of methoxy groups -OCH3 is 1. The Kier molecular flexibility index (Phi) is 6.35. The van der Waals surface area contributed by atoms with E-state index >= 15 is 0 Å². The van der Waals surface area contributed by atoms with Crippen LogP contribution in [0.3, 0.4) is 0 Å². The van der Waals surface area contributed by atoms with Gasteiger partial charge >= 0.3 is 0 Å². The topological polar surface area (TPSA) is 118 Å². The summed E-state index contributed by atoms with van der Waals surface area (Å²) in [6, 6.07) is 24.8. The number of hydrogen-bond acceptors (Lipinski definition) is 8. The van der Waals surface area contributed by atoms with Gasteiger partial charge in [0.1, 0.15) is 12.8 Å². The molecular weight excluding hydrogens is 478 g/mol. The number of nitrogens with zero attached hydrogens (tertiary/aromatic N) is 4. The minimum Gasteiger partial charge on any atom is -0.493 e. The first-order valence-electron chi connectivity index (χ1n) is 12.7. The normalized spacial score (nSPS) is 18.4. The second kappa shape index (κ2) is 10.1. The number of aliphatic imine (C=N–C) groups is 1. The molecule has 0 amide bonds. The summed E-state index contributed by atoms with van der Waals surface area (Å²) in [5.74, 6) is 2.46. The minimum absolute atomic E-state index is 0.0436. The van der Waals surface area contributed by atoms with E-state index in [4.69, 9.17) is 20.9 Å². The molecule has 2 atom stereocenters. The lowest BCUT2D eigenvalue weighted by molar-refractivity contribution is 0.229. The first kappa shape index (κ1) is 23.9. The lowest BCUT2D eigenvalue weighted by atomic mass is 9.95. The molecule has 9 nitrogen and oxygen atoms in total. The molecule has 5 N–H and O–H groups in total. The fourth-order valence-electron chi connectivity index (χ4n) is 5.36. The molecule has 2 aliphatic heterocycles. The van der Waals surface area contributed by atoms with Gasteiger partial charge in [0.05, 0.1) is 24.9 Å². The smallest absolute Gasteiger partial charge is 0.199 e. The highest BCUT2D eigenvalue weighted by Gasteiger charge is 2.36. The second-order valence-electron chi connectivity index (χ2n) is 9.62. The number of para-hydroxylation sites is 1. The van der Waals surface area contributed by atoms with Crippen molar-refractivity contribution in [2.45, 2.75) is 31.8 Å². The van der Waals surface area contributed by atoms with Crippen LogP contribution in [0.1, 0.15) is 28.4 Å². The molecule has 38 heavy (non-hydrogen) atoms. The molecule has 0 radical (unpaired) electrons. The van der Waals surface area contributed by atoms with Crippen LogP contribution in [0, 0.1) is 0 Å². The van der Waals surface area contributed by atoms with Gasteiger partial charge in [0.2, 0.25) is 0 Å². The van der Waals surface area contributed by atoms with Crippen molar-refractivity contribution in [3.8, 4) is 11.5 Å². The Morgan fingerprint density at radius 1 is 1.00 bits per heavy atom. The van der Waals surface area contributed by atoms with Crippen molar-refractivity contribution >= 4 is 17.5 Å². The highest BCUT2D eigenvalue weighted by Crippen LogP contribution is 2.36. The number of guanidine groups is 1. The number of nitrogens with one attached hydrogen (secondary N) is 1. The fraction of sp³-hybridized carbons (Fsp3) is 0.241. The van der Waals surface area contributed by atoms with Gasteiger partial charge in [-0.15, -0.1) is 0 Å². The lowest BCUT2D eigenvalue weighted by Gasteiger charge is -2.44. The predicted molar refractivity (Wildman–Crippen MR) is 147 cm³/mol. The predicted octanol–water partition coefficient (Wildman–Crippen LogP) is 3.85. The van der Waals surface area contributed by atoms with Gasteiger partial charge in [0.25, 0.3) is 0 Å². The summed E-state index contributed by atoms with van der Waals surface area (Å²) >= 11 is 0. The number of rotatable bonds is 7. The molecule has 0 spiro atoms. The van der Waals surface area contributed by atoms with Gasteiger partial charge in [0, 0.05) is 18.8 Å². The molecule has 1 aromatic heterocycles. The summed E-state index contributed by atoms with van der Waals surface area (Å²) in [4.78, 5) is 8.91. The van der Waals surface area contributed by atoms with Crippen molar-refractivity contribution in [1.29, 1.82) is 0 Å². The van der Waals surface area contributed by atoms with Gasteiger partial charge in [-0.25, -0.2) is 0 Å². The molecule has 194 valence electrons. The number of benzene rings is 3. The van der Waals surface area contributed by atoms with E-state index < -0.39 is 6.17 Å². The molecule has 3 heterocycles. The minimum atomic E-state index is -0.417. The quantitative estimate of drug-likeness (QED) is 0.346. The van der Waals surface area contributed by atoms with Crippen LogP contribution < -0.4 is 25.8 Å². The van der Waals surface area contributed by atoms with E-state index in [2.05, 4.69) is 50.4 Å². The van der Waals surface area contributed by atoms with Crippen molar-refractivity contribution in [3.63, 3.8) is 0 Å². The largest absolute Gasteiger partial charge is 0.493 e. The van der Waals surface area contributed by atoms with Crippen molar-refractivity contribution in [1.82, 2.24) is 15.1 Å². The van der Waals surface area contributed by atoms with Crippen LogP contribution in [0.4, 0.5) is 11.5 Å². The van der Waals surface area contributed by atoms with Crippen LogP contribution in [0.5, 0.6) is 11.5 Å². The van der Waals surface area contributed by atoms with Gasteiger partial charge in [-0.2, -0.15) is 10.1 Å². The average molecular weight is 510 g/mol. The Labute approximate surface area is 221 Å². The van der Waals surface area contributed by atoms with Crippen LogP contribution in [-0.4, -0.2) is 40.8 Å². The number of aromatic amines is 1. The molecule has 0 fully saturated rings. The molecule has 0 aliphatic carbocycles. The first-order chi connectivity index (χ1) is 18.6. The third kappa shape index (κ3) is 4.52. The first-order valence-corrected chi connectivity index (χ1v) is 12.7. The van der Waals surface area contributed by atoms with Crippen LogP contribution in [-0.2, 0) is 19.6 Å². The summed E-state index contributed by atoms with van der Waals surface area (Å²) in [5, 5.41) is 6.98. The maximum absolute atomic E-state index is 6.66. The Bertz CT molecular complexity index is 1450. The number of H-pyrrole nitrogens is 1. The average Bonchev–Trinajstić information content (AvgIpc) is 3.41. The molecule has 0 bridgehead atoms. The molecule has 3 aromatic carbocycles. The van der Waals surface area contributed by atoms with Gasteiger partial charge in [-0.05, 0) is 41.3 Å². The van der Waals surface area contributed by atoms with Gasteiger partial charge in [-0.3, -0.25) is 5.10 Å². The summed E-state index contributed by atoms with van der Waals surface area (Å²) < 4.78 is 11.8. The zero-order chi connectivity index (χ0) is 26.1. The summed E-state index contributed by atoms with van der Waals surface area (Å²) in [6.07, 6.45) is 2.13. The molecular formula is C29H31N7O2. The Hall–Kier alpha value is -4.50. The molecule has 9 heteroatoms. The second-order valence-corrected chi connectivity index (χ2v) is 9.62. The van der Waals surface area contributed by atoms with Crippen LogP contribution in [0.2, 0.25) is 0 Å². The Balaban J connectivity index is 1.24. The fourth-order valence-corrected chi connectivity index (χ4v) is 5.36. The molecule has 0 saturated heterocycles. The SMILES string of the molecule is COc1cc(CN2CC(N3C(N)=Nc4[nH]ncc4C3N)Cc3ccccc32)ccc1OCc1ccccc1. The van der Waals surface area contributed by atoms with E-state index in [-0.39, 0.29) is 6.04 Å². The Morgan fingerprint density at radius 2 is 1.82 bits per heavy atom. The summed E-state index contributed by atoms with van der Waals surface area (Å²) in [7, 11) is 1.67. The monoisotopic (exact) mass is 509 g/mol. The number of hydrogen-bond donors (Lipinski definition) is 3. The van der Waals surface area contributed by atoms with Crippen molar-refractivity contribution in [3.05, 3.63) is 101 Å². The van der Waals surface area contributed by atoms with Gasteiger partial charge in [0.15, 0.2) is 23.3 Å². The van der Waals surface area contributed by atoms with Crippen molar-refractivity contribution in [2.75, 3.05) is 18.6 Å². The van der Waals surface area contributed by atoms with Crippen LogP contribution in [0.25, 0.3) is 0 Å². The maximum Gasteiger partial charge on any atom is 0.199 e. The van der Waals surface area contributed by atoms with E-state index in [0.717, 1.165) is 35.4 Å². The van der Waals surface area contributed by atoms with E-state index in [1.807, 2.05) is 47.4 Å². The Morgan fingerprint density at radius 3 is 2.66 bits per heavy atom. The zero-order valence-electron chi connectivity index (χ0n) is 21.2. The van der Waals surface area contributed by atoms with Gasteiger partial charge < -0.3 is 30.7 Å². The molecule has 2 aliphatic rings. The zero-order valence-corrected chi connectivity index (χ0v) is 21.2. The summed E-state index contributed by atoms with van der Waals surface area (Å²) in [6.45, 7) is 1.91. The highest BCUT2D eigenvalue weighted by molar-refractivity contribution is 5.84. The number of anilines is 1. The van der Waals surface area contributed by atoms with E-state index in [1.165, 1.54) is 11.3 Å². The molecule has 4 aromatic rings. The molecule has 6 rings (SSSR count). The molecule has 0 saturated carbocycles. The van der Waals surface area contributed by atoms with Crippen molar-refractivity contribution in [2.24, 2.45) is 16.5 Å². The maximum atomic E-state index is 6.66. The number of aromatic nitrogens is 2. The number of fused-ring (bicyclic) bond motifs is 2. The standard InChI is InChI=1S/C29H31N7O2/c1-37-26-13-20(11-12-25(26)38-18-19-7-3-2-4-8-19)16-35-17-22(14-21-9-5-6-10-24(21)35)36-27(30)23-15-32-34-28(23)33-29(36)31/h2-13,15,22,27H,14,16-18,30H2,1H3,(H3,31,32,33,34). The van der Waals surface area contributed by atoms with Crippen molar-refractivity contribution < 1.29 is 9.47 Å². The van der Waals surface area contributed by atoms with Crippen LogP contribution in [0.15, 0.2) is 84.0 Å². The molecule has 2 unspecified atom stereocenters.